The second-order valence-electron chi connectivity index (χ2n) is 9.41. The van der Waals surface area contributed by atoms with Crippen LogP contribution in [0.4, 0.5) is 10.5 Å². The molecule has 0 aliphatic carbocycles. The molecule has 0 spiro atoms. The topological polar surface area (TPSA) is 72.2 Å². The van der Waals surface area contributed by atoms with E-state index in [4.69, 9.17) is 9.47 Å². The monoisotopic (exact) mass is 435 g/mol. The molecule has 2 aliphatic rings. The number of carbonyl (C=O) groups excluding carboxylic acids is 1. The number of anilines is 1. The number of fused-ring (bicyclic) bond motifs is 2. The standard InChI is InChI=1S/C24H29N5O3/c1-24(2,3)32-23(30)28-12-9-19-20(28)8-11-27(19)16-7-13-29-21(14-16)18(15-26-29)17-6-5-10-25-22(17)31-4/h5-7,10,13-15,19-20H,8-9,11-12H2,1-4H3. The first-order valence-electron chi connectivity index (χ1n) is 11.1. The molecular formula is C24H29N5O3. The summed E-state index contributed by atoms with van der Waals surface area (Å²) in [5.41, 5.74) is 3.55. The van der Waals surface area contributed by atoms with Crippen LogP contribution in [0.5, 0.6) is 5.88 Å². The fourth-order valence-corrected chi connectivity index (χ4v) is 4.97. The summed E-state index contributed by atoms with van der Waals surface area (Å²) < 4.78 is 13.0. The fourth-order valence-electron chi connectivity index (χ4n) is 4.97. The van der Waals surface area contributed by atoms with Crippen molar-refractivity contribution in [1.29, 1.82) is 0 Å². The van der Waals surface area contributed by atoms with Crippen LogP contribution < -0.4 is 9.64 Å². The van der Waals surface area contributed by atoms with Crippen LogP contribution in [0.25, 0.3) is 16.6 Å². The van der Waals surface area contributed by atoms with E-state index in [2.05, 4.69) is 27.1 Å². The largest absolute Gasteiger partial charge is 0.481 e. The van der Waals surface area contributed by atoms with E-state index in [0.717, 1.165) is 48.3 Å². The second-order valence-corrected chi connectivity index (χ2v) is 9.41. The van der Waals surface area contributed by atoms with Crippen LogP contribution in [-0.4, -0.2) is 63.5 Å². The van der Waals surface area contributed by atoms with Crippen molar-refractivity contribution in [2.75, 3.05) is 25.1 Å². The number of aromatic nitrogens is 3. The van der Waals surface area contributed by atoms with Crippen molar-refractivity contribution in [3.8, 4) is 17.0 Å². The zero-order chi connectivity index (χ0) is 22.5. The van der Waals surface area contributed by atoms with Gasteiger partial charge in [-0.3, -0.25) is 0 Å². The molecule has 0 N–H and O–H groups in total. The highest BCUT2D eigenvalue weighted by Crippen LogP contribution is 2.38. The molecule has 2 aliphatic heterocycles. The van der Waals surface area contributed by atoms with E-state index in [-0.39, 0.29) is 12.1 Å². The van der Waals surface area contributed by atoms with E-state index >= 15 is 0 Å². The molecule has 2 atom stereocenters. The number of hydrogen-bond donors (Lipinski definition) is 0. The zero-order valence-electron chi connectivity index (χ0n) is 19.0. The first kappa shape index (κ1) is 20.6. The highest BCUT2D eigenvalue weighted by Gasteiger charge is 2.45. The molecule has 2 unspecified atom stereocenters. The second kappa shape index (κ2) is 7.69. The highest BCUT2D eigenvalue weighted by molar-refractivity contribution is 5.84. The van der Waals surface area contributed by atoms with E-state index in [0.29, 0.717) is 11.9 Å². The van der Waals surface area contributed by atoms with Gasteiger partial charge in [0.25, 0.3) is 0 Å². The molecule has 168 valence electrons. The summed E-state index contributed by atoms with van der Waals surface area (Å²) >= 11 is 0. The number of carbonyl (C=O) groups is 1. The molecule has 5 heterocycles. The summed E-state index contributed by atoms with van der Waals surface area (Å²) in [5, 5.41) is 4.52. The Balaban J connectivity index is 1.43. The maximum Gasteiger partial charge on any atom is 0.410 e. The molecule has 8 nitrogen and oxygen atoms in total. The van der Waals surface area contributed by atoms with Gasteiger partial charge in [-0.2, -0.15) is 5.10 Å². The first-order valence-corrected chi connectivity index (χ1v) is 11.1. The van der Waals surface area contributed by atoms with E-state index in [1.165, 1.54) is 0 Å². The van der Waals surface area contributed by atoms with Gasteiger partial charge in [0, 0.05) is 42.3 Å². The third kappa shape index (κ3) is 3.53. The van der Waals surface area contributed by atoms with Gasteiger partial charge in [-0.05, 0) is 57.9 Å². The Labute approximate surface area is 187 Å². The number of hydrogen-bond acceptors (Lipinski definition) is 6. The average Bonchev–Trinajstić information content (AvgIpc) is 3.46. The predicted octanol–water partition coefficient (Wildman–Crippen LogP) is 3.99. The van der Waals surface area contributed by atoms with E-state index < -0.39 is 5.60 Å². The third-order valence-electron chi connectivity index (χ3n) is 6.30. The quantitative estimate of drug-likeness (QED) is 0.619. The van der Waals surface area contributed by atoms with Crippen LogP contribution in [0.15, 0.2) is 42.9 Å². The SMILES string of the molecule is COc1ncccc1-c1cnn2ccc(N3CCC4C3CCN4C(=O)OC(C)(C)C)cc12. The maximum atomic E-state index is 12.7. The van der Waals surface area contributed by atoms with Crippen molar-refractivity contribution in [2.45, 2.75) is 51.3 Å². The lowest BCUT2D eigenvalue weighted by Crippen LogP contribution is -2.42. The van der Waals surface area contributed by atoms with Crippen LogP contribution >= 0.6 is 0 Å². The average molecular weight is 436 g/mol. The molecule has 0 bridgehead atoms. The molecule has 0 aromatic carbocycles. The minimum absolute atomic E-state index is 0.184. The minimum atomic E-state index is -0.482. The smallest absolute Gasteiger partial charge is 0.410 e. The summed E-state index contributed by atoms with van der Waals surface area (Å²) in [6.45, 7) is 7.37. The van der Waals surface area contributed by atoms with Crippen LogP contribution in [0.3, 0.4) is 0 Å². The Kier molecular flexibility index (Phi) is 4.95. The lowest BCUT2D eigenvalue weighted by Gasteiger charge is -2.29. The van der Waals surface area contributed by atoms with Gasteiger partial charge in [-0.25, -0.2) is 14.3 Å². The number of pyridine rings is 2. The Morgan fingerprint density at radius 2 is 1.94 bits per heavy atom. The Morgan fingerprint density at radius 3 is 2.72 bits per heavy atom. The van der Waals surface area contributed by atoms with Gasteiger partial charge in [0.1, 0.15) is 5.60 Å². The van der Waals surface area contributed by atoms with Crippen molar-refractivity contribution in [3.05, 3.63) is 42.9 Å². The molecule has 0 saturated carbocycles. The number of methoxy groups -OCH3 is 1. The van der Waals surface area contributed by atoms with Gasteiger partial charge < -0.3 is 19.3 Å². The number of amides is 1. The van der Waals surface area contributed by atoms with E-state index in [1.54, 1.807) is 13.3 Å². The zero-order valence-corrected chi connectivity index (χ0v) is 19.0. The van der Waals surface area contributed by atoms with Gasteiger partial charge in [-0.1, -0.05) is 0 Å². The molecule has 32 heavy (non-hydrogen) atoms. The summed E-state index contributed by atoms with van der Waals surface area (Å²) in [5.74, 6) is 0.581. The normalized spacial score (nSPS) is 20.6. The van der Waals surface area contributed by atoms with Crippen molar-refractivity contribution < 1.29 is 14.3 Å². The van der Waals surface area contributed by atoms with Gasteiger partial charge in [0.2, 0.25) is 5.88 Å². The van der Waals surface area contributed by atoms with E-state index in [1.807, 2.05) is 54.7 Å². The molecule has 2 saturated heterocycles. The van der Waals surface area contributed by atoms with Gasteiger partial charge in [-0.15, -0.1) is 0 Å². The summed E-state index contributed by atoms with van der Waals surface area (Å²) in [7, 11) is 1.63. The summed E-state index contributed by atoms with van der Waals surface area (Å²) in [6, 6.07) is 8.65. The molecule has 1 amide bonds. The van der Waals surface area contributed by atoms with Gasteiger partial charge >= 0.3 is 6.09 Å². The van der Waals surface area contributed by atoms with Gasteiger partial charge in [0.05, 0.1) is 30.9 Å². The predicted molar refractivity (Wildman–Crippen MR) is 122 cm³/mol. The number of ether oxygens (including phenoxy) is 2. The Hall–Kier alpha value is -3.29. The summed E-state index contributed by atoms with van der Waals surface area (Å²) in [6.07, 6.45) is 7.25. The highest BCUT2D eigenvalue weighted by atomic mass is 16.6. The fraction of sp³-hybridized carbons (Fsp3) is 0.458. The Bertz CT molecular complexity index is 1150. The van der Waals surface area contributed by atoms with Crippen molar-refractivity contribution in [3.63, 3.8) is 0 Å². The van der Waals surface area contributed by atoms with Crippen molar-refractivity contribution in [1.82, 2.24) is 19.5 Å². The van der Waals surface area contributed by atoms with Crippen molar-refractivity contribution >= 4 is 17.3 Å². The Morgan fingerprint density at radius 1 is 1.12 bits per heavy atom. The lowest BCUT2D eigenvalue weighted by atomic mass is 10.1. The molecule has 3 aromatic heterocycles. The third-order valence-corrected chi connectivity index (χ3v) is 6.30. The number of nitrogens with zero attached hydrogens (tertiary/aromatic N) is 5. The number of likely N-dealkylation sites (tertiary alicyclic amines) is 1. The molecule has 5 rings (SSSR count). The summed E-state index contributed by atoms with van der Waals surface area (Å²) in [4.78, 5) is 21.4. The van der Waals surface area contributed by atoms with Crippen LogP contribution in [0, 0.1) is 0 Å². The van der Waals surface area contributed by atoms with Gasteiger partial charge in [0.15, 0.2) is 0 Å². The first-order chi connectivity index (χ1) is 15.4. The van der Waals surface area contributed by atoms with Crippen LogP contribution in [0.1, 0.15) is 33.6 Å². The van der Waals surface area contributed by atoms with Crippen LogP contribution in [0.2, 0.25) is 0 Å². The van der Waals surface area contributed by atoms with E-state index in [9.17, 15) is 4.79 Å². The number of rotatable bonds is 3. The van der Waals surface area contributed by atoms with Crippen molar-refractivity contribution in [2.24, 2.45) is 0 Å². The van der Waals surface area contributed by atoms with Crippen LogP contribution in [-0.2, 0) is 4.74 Å². The minimum Gasteiger partial charge on any atom is -0.481 e. The lowest BCUT2D eigenvalue weighted by molar-refractivity contribution is 0.0228. The molecule has 8 heteroatoms. The molecule has 0 radical (unpaired) electrons. The molecule has 2 fully saturated rings. The maximum absolute atomic E-state index is 12.7. The molecule has 3 aromatic rings. The molecular weight excluding hydrogens is 406 g/mol.